The number of nitro groups is 1. The molecule has 0 aliphatic rings. The van der Waals surface area contributed by atoms with Crippen LogP contribution in [0.2, 0.25) is 0 Å². The molecule has 0 spiro atoms. The fourth-order valence-electron chi connectivity index (χ4n) is 1.18. The van der Waals surface area contributed by atoms with Crippen LogP contribution in [-0.4, -0.2) is 15.9 Å². The molecule has 0 unspecified atom stereocenters. The number of primary amides is 1. The third kappa shape index (κ3) is 2.35. The Bertz CT molecular complexity index is 419. The molecule has 3 N–H and O–H groups in total. The van der Waals surface area contributed by atoms with Crippen LogP contribution in [0.5, 0.6) is 5.75 Å². The molecule has 1 amide bonds. The first-order chi connectivity index (χ1) is 6.45. The van der Waals surface area contributed by atoms with Crippen molar-refractivity contribution >= 4 is 24.0 Å². The topological polar surface area (TPSA) is 106 Å². The number of nitrogens with two attached hydrogens (primary N) is 1. The van der Waals surface area contributed by atoms with E-state index in [1.807, 2.05) is 0 Å². The molecule has 0 saturated carbocycles. The van der Waals surface area contributed by atoms with Crippen molar-refractivity contribution in [3.8, 4) is 5.75 Å². The Balaban J connectivity index is 0.00000196. The fraction of sp³-hybridized carbons (Fsp3) is 0.125. The normalized spacial score (nSPS) is 9.13. The molecule has 0 heterocycles. The van der Waals surface area contributed by atoms with Crippen LogP contribution in [0.15, 0.2) is 12.1 Å². The van der Waals surface area contributed by atoms with E-state index in [9.17, 15) is 20.0 Å². The van der Waals surface area contributed by atoms with Gasteiger partial charge in [0.25, 0.3) is 0 Å². The van der Waals surface area contributed by atoms with Crippen molar-refractivity contribution in [3.05, 3.63) is 33.4 Å². The highest BCUT2D eigenvalue weighted by Gasteiger charge is 2.21. The van der Waals surface area contributed by atoms with Gasteiger partial charge < -0.3 is 10.8 Å². The Kier molecular flexibility index (Phi) is 4.05. The van der Waals surface area contributed by atoms with E-state index in [0.717, 1.165) is 6.07 Å². The Hall–Kier alpha value is -1.82. The van der Waals surface area contributed by atoms with E-state index < -0.39 is 22.3 Å². The van der Waals surface area contributed by atoms with Crippen molar-refractivity contribution in [2.24, 2.45) is 5.73 Å². The van der Waals surface area contributed by atoms with Gasteiger partial charge in [-0.25, -0.2) is 0 Å². The number of rotatable bonds is 2. The minimum atomic E-state index is -0.759. The van der Waals surface area contributed by atoms with Crippen LogP contribution in [0.4, 0.5) is 5.69 Å². The van der Waals surface area contributed by atoms with Gasteiger partial charge in [-0.1, -0.05) is 0 Å². The molecule has 0 aromatic heterocycles. The second-order valence-electron chi connectivity index (χ2n) is 2.73. The zero-order chi connectivity index (χ0) is 10.9. The molecule has 0 saturated heterocycles. The average Bonchev–Trinajstić information content (AvgIpc) is 2.02. The van der Waals surface area contributed by atoms with Gasteiger partial charge in [-0.15, -0.1) is 12.4 Å². The van der Waals surface area contributed by atoms with Crippen molar-refractivity contribution in [2.45, 2.75) is 6.92 Å². The molecule has 82 valence electrons. The van der Waals surface area contributed by atoms with Gasteiger partial charge in [0.1, 0.15) is 0 Å². The smallest absolute Gasteiger partial charge is 0.314 e. The molecule has 6 nitrogen and oxygen atoms in total. The van der Waals surface area contributed by atoms with Crippen LogP contribution in [0.1, 0.15) is 15.9 Å². The van der Waals surface area contributed by atoms with Gasteiger partial charge in [-0.3, -0.25) is 14.9 Å². The Morgan fingerprint density at radius 3 is 2.47 bits per heavy atom. The van der Waals surface area contributed by atoms with Crippen LogP contribution in [0.25, 0.3) is 0 Å². The lowest BCUT2D eigenvalue weighted by molar-refractivity contribution is -0.386. The number of nitrogens with zero attached hydrogens (tertiary/aromatic N) is 1. The van der Waals surface area contributed by atoms with Crippen molar-refractivity contribution in [1.29, 1.82) is 0 Å². The van der Waals surface area contributed by atoms with Crippen LogP contribution in [0, 0.1) is 17.0 Å². The number of phenolic OH excluding ortho intramolecular Hbond substituents is 1. The predicted octanol–water partition coefficient (Wildman–Crippen LogP) is 1.13. The van der Waals surface area contributed by atoms with Gasteiger partial charge in [-0.2, -0.15) is 0 Å². The number of aromatic hydroxyl groups is 1. The second kappa shape index (κ2) is 4.61. The Labute approximate surface area is 91.3 Å². The largest absolute Gasteiger partial charge is 0.502 e. The van der Waals surface area contributed by atoms with E-state index in [1.165, 1.54) is 13.0 Å². The van der Waals surface area contributed by atoms with Gasteiger partial charge in [0, 0.05) is 11.1 Å². The number of carbonyl (C=O) groups is 1. The van der Waals surface area contributed by atoms with Crippen molar-refractivity contribution in [3.63, 3.8) is 0 Å². The molecule has 0 bridgehead atoms. The van der Waals surface area contributed by atoms with Crippen LogP contribution in [0.3, 0.4) is 0 Å². The first kappa shape index (κ1) is 13.2. The summed E-state index contributed by atoms with van der Waals surface area (Å²) in [5, 5.41) is 19.7. The number of benzene rings is 1. The highest BCUT2D eigenvalue weighted by Crippen LogP contribution is 2.31. The highest BCUT2D eigenvalue weighted by atomic mass is 35.5. The van der Waals surface area contributed by atoms with E-state index >= 15 is 0 Å². The summed E-state index contributed by atoms with van der Waals surface area (Å²) < 4.78 is 0. The average molecular weight is 233 g/mol. The molecule has 1 rings (SSSR count). The minimum absolute atomic E-state index is 0. The molecule has 15 heavy (non-hydrogen) atoms. The summed E-state index contributed by atoms with van der Waals surface area (Å²) >= 11 is 0. The lowest BCUT2D eigenvalue weighted by atomic mass is 10.1. The third-order valence-corrected chi connectivity index (χ3v) is 1.86. The summed E-state index contributed by atoms with van der Waals surface area (Å²) in [6.07, 6.45) is 0. The molecule has 1 aromatic rings. The number of amides is 1. The first-order valence-electron chi connectivity index (χ1n) is 3.72. The molecule has 0 fully saturated rings. The second-order valence-corrected chi connectivity index (χ2v) is 2.73. The standard InChI is InChI=1S/C8H8N2O4.ClH/c1-4-5(8(9)12)2-3-6(11)7(4)10(13)14;/h2-3,11H,1H3,(H2,9,12);1H. The Morgan fingerprint density at radius 1 is 1.53 bits per heavy atom. The van der Waals surface area contributed by atoms with Gasteiger partial charge in [0.15, 0.2) is 5.75 Å². The van der Waals surface area contributed by atoms with Gasteiger partial charge >= 0.3 is 5.69 Å². The SMILES string of the molecule is Cc1c(C(N)=O)ccc(O)c1[N+](=O)[O-].Cl. The molecular formula is C8H9ClN2O4. The first-order valence-corrected chi connectivity index (χ1v) is 3.72. The maximum absolute atomic E-state index is 10.8. The summed E-state index contributed by atoms with van der Waals surface area (Å²) in [7, 11) is 0. The lowest BCUT2D eigenvalue weighted by Gasteiger charge is -2.03. The molecular weight excluding hydrogens is 224 g/mol. The number of halogens is 1. The molecule has 0 aliphatic heterocycles. The summed E-state index contributed by atoms with van der Waals surface area (Å²) in [5.74, 6) is -1.23. The molecule has 1 aromatic carbocycles. The number of hydrogen-bond acceptors (Lipinski definition) is 4. The van der Waals surface area contributed by atoms with Crippen molar-refractivity contribution in [1.82, 2.24) is 0 Å². The predicted molar refractivity (Wildman–Crippen MR) is 55.3 cm³/mol. The van der Waals surface area contributed by atoms with Crippen LogP contribution in [-0.2, 0) is 0 Å². The van der Waals surface area contributed by atoms with Crippen LogP contribution >= 0.6 is 12.4 Å². The minimum Gasteiger partial charge on any atom is -0.502 e. The highest BCUT2D eigenvalue weighted by molar-refractivity contribution is 5.95. The van der Waals surface area contributed by atoms with Gasteiger partial charge in [0.2, 0.25) is 5.91 Å². The van der Waals surface area contributed by atoms with E-state index in [1.54, 1.807) is 0 Å². The van der Waals surface area contributed by atoms with Gasteiger partial charge in [0.05, 0.1) is 4.92 Å². The van der Waals surface area contributed by atoms with E-state index in [-0.39, 0.29) is 23.5 Å². The third-order valence-electron chi connectivity index (χ3n) is 1.86. The summed E-state index contributed by atoms with van der Waals surface area (Å²) in [6, 6.07) is 2.32. The van der Waals surface area contributed by atoms with Gasteiger partial charge in [-0.05, 0) is 19.1 Å². The maximum atomic E-state index is 10.8. The van der Waals surface area contributed by atoms with E-state index in [2.05, 4.69) is 0 Å². The molecule has 0 atom stereocenters. The summed E-state index contributed by atoms with van der Waals surface area (Å²) in [6.45, 7) is 1.36. The lowest BCUT2D eigenvalue weighted by Crippen LogP contribution is -2.13. The van der Waals surface area contributed by atoms with Crippen molar-refractivity contribution < 1.29 is 14.8 Å². The van der Waals surface area contributed by atoms with Crippen LogP contribution < -0.4 is 5.73 Å². The summed E-state index contributed by atoms with van der Waals surface area (Å²) in [4.78, 5) is 20.6. The monoisotopic (exact) mass is 232 g/mol. The summed E-state index contributed by atoms with van der Waals surface area (Å²) in [5.41, 5.74) is 4.61. The zero-order valence-electron chi connectivity index (χ0n) is 7.76. The van der Waals surface area contributed by atoms with Crippen molar-refractivity contribution in [2.75, 3.05) is 0 Å². The number of hydrogen-bond donors (Lipinski definition) is 2. The zero-order valence-corrected chi connectivity index (χ0v) is 8.58. The molecule has 0 radical (unpaired) electrons. The quantitative estimate of drug-likeness (QED) is 0.589. The van der Waals surface area contributed by atoms with E-state index in [4.69, 9.17) is 5.73 Å². The van der Waals surface area contributed by atoms with E-state index in [0.29, 0.717) is 0 Å². The number of carbonyl (C=O) groups excluding carboxylic acids is 1. The number of nitro benzene ring substituents is 1. The number of phenols is 1. The molecule has 7 heteroatoms. The maximum Gasteiger partial charge on any atom is 0.314 e. The fourth-order valence-corrected chi connectivity index (χ4v) is 1.18. The molecule has 0 aliphatic carbocycles. The Morgan fingerprint density at radius 2 is 2.07 bits per heavy atom.